The quantitative estimate of drug-likeness (QED) is 0.571. The first kappa shape index (κ1) is 15.8. The molecule has 0 amide bonds. The van der Waals surface area contributed by atoms with Crippen molar-refractivity contribution in [2.24, 2.45) is 0 Å². The minimum atomic E-state index is 0.161. The number of anilines is 2. The number of benzene rings is 1. The summed E-state index contributed by atoms with van der Waals surface area (Å²) in [5, 5.41) is 0. The summed E-state index contributed by atoms with van der Waals surface area (Å²) in [6.07, 6.45) is 4.13. The summed E-state index contributed by atoms with van der Waals surface area (Å²) < 4.78 is 11.0. The van der Waals surface area contributed by atoms with Gasteiger partial charge in [-0.3, -0.25) is 0 Å². The Labute approximate surface area is 160 Å². The number of morpholine rings is 1. The Kier molecular flexibility index (Phi) is 3.30. The molecule has 6 rings (SSSR count). The highest BCUT2D eigenvalue weighted by Gasteiger charge is 2.38. The molecule has 3 aromatic heterocycles. The molecule has 8 nitrogen and oxygen atoms in total. The number of aromatic nitrogens is 4. The summed E-state index contributed by atoms with van der Waals surface area (Å²) in [6, 6.07) is 10.5. The van der Waals surface area contributed by atoms with Crippen LogP contribution < -0.4 is 10.6 Å². The second-order valence-corrected chi connectivity index (χ2v) is 7.33. The topological polar surface area (TPSA) is 103 Å². The molecule has 2 atom stereocenters. The smallest absolute Gasteiger partial charge is 0.292 e. The predicted molar refractivity (Wildman–Crippen MR) is 105 cm³/mol. The van der Waals surface area contributed by atoms with Crippen molar-refractivity contribution in [1.29, 1.82) is 0 Å². The van der Waals surface area contributed by atoms with Crippen molar-refractivity contribution in [3.8, 4) is 11.3 Å². The van der Waals surface area contributed by atoms with Gasteiger partial charge in [-0.05, 0) is 43.2 Å². The number of oxazole rings is 1. The SMILES string of the molecule is Nc1nc2cc(-c3ccc4ncc(N5C6CCC5COC6)nc4n3)ccc2o1. The molecule has 8 heteroatoms. The average molecular weight is 374 g/mol. The van der Waals surface area contributed by atoms with Crippen molar-refractivity contribution in [3.05, 3.63) is 36.5 Å². The van der Waals surface area contributed by atoms with Gasteiger partial charge in [0.2, 0.25) is 0 Å². The summed E-state index contributed by atoms with van der Waals surface area (Å²) in [4.78, 5) is 20.7. The van der Waals surface area contributed by atoms with Gasteiger partial charge in [0.15, 0.2) is 11.2 Å². The van der Waals surface area contributed by atoms with E-state index < -0.39 is 0 Å². The van der Waals surface area contributed by atoms with E-state index in [1.54, 1.807) is 0 Å². The third kappa shape index (κ3) is 2.41. The van der Waals surface area contributed by atoms with Gasteiger partial charge in [-0.15, -0.1) is 0 Å². The van der Waals surface area contributed by atoms with Crippen molar-refractivity contribution in [3.63, 3.8) is 0 Å². The fraction of sp³-hybridized carbons (Fsp3) is 0.300. The maximum absolute atomic E-state index is 5.68. The van der Waals surface area contributed by atoms with Crippen LogP contribution in [-0.4, -0.2) is 45.2 Å². The molecule has 2 unspecified atom stereocenters. The molecule has 2 saturated heterocycles. The van der Waals surface area contributed by atoms with E-state index in [9.17, 15) is 0 Å². The van der Waals surface area contributed by atoms with Crippen LogP contribution in [0.1, 0.15) is 12.8 Å². The first-order valence-electron chi connectivity index (χ1n) is 9.41. The van der Waals surface area contributed by atoms with E-state index in [1.165, 1.54) is 0 Å². The lowest BCUT2D eigenvalue weighted by Gasteiger charge is -2.35. The molecular formula is C20H18N6O2. The summed E-state index contributed by atoms with van der Waals surface area (Å²) in [5.74, 6) is 0.882. The van der Waals surface area contributed by atoms with Crippen LogP contribution in [-0.2, 0) is 4.74 Å². The molecule has 2 fully saturated rings. The molecule has 2 aliphatic rings. The van der Waals surface area contributed by atoms with Crippen molar-refractivity contribution in [2.75, 3.05) is 23.8 Å². The lowest BCUT2D eigenvalue weighted by molar-refractivity contribution is 0.0902. The number of nitrogen functional groups attached to an aromatic ring is 1. The molecule has 0 spiro atoms. The molecule has 2 aliphatic heterocycles. The third-order valence-electron chi connectivity index (χ3n) is 5.60. The minimum Gasteiger partial charge on any atom is -0.424 e. The number of ether oxygens (including phenoxy) is 1. The lowest BCUT2D eigenvalue weighted by Crippen LogP contribution is -2.46. The number of hydrogen-bond donors (Lipinski definition) is 1. The Hall–Kier alpha value is -3.26. The summed E-state index contributed by atoms with van der Waals surface area (Å²) in [5.41, 5.74) is 10.2. The Bertz CT molecular complexity index is 1190. The highest BCUT2D eigenvalue weighted by molar-refractivity contribution is 5.82. The lowest BCUT2D eigenvalue weighted by atomic mass is 10.1. The summed E-state index contributed by atoms with van der Waals surface area (Å²) >= 11 is 0. The zero-order valence-corrected chi connectivity index (χ0v) is 15.1. The molecule has 0 radical (unpaired) electrons. The number of rotatable bonds is 2. The Morgan fingerprint density at radius 1 is 0.964 bits per heavy atom. The van der Waals surface area contributed by atoms with E-state index in [2.05, 4.69) is 14.9 Å². The van der Waals surface area contributed by atoms with Crippen LogP contribution in [0.3, 0.4) is 0 Å². The molecule has 5 heterocycles. The monoisotopic (exact) mass is 374 g/mol. The van der Waals surface area contributed by atoms with Crippen LogP contribution in [0.4, 0.5) is 11.8 Å². The van der Waals surface area contributed by atoms with Crippen LogP contribution in [0.15, 0.2) is 40.9 Å². The molecule has 0 aliphatic carbocycles. The Morgan fingerprint density at radius 2 is 1.82 bits per heavy atom. The van der Waals surface area contributed by atoms with Gasteiger partial charge >= 0.3 is 0 Å². The zero-order valence-electron chi connectivity index (χ0n) is 15.1. The second kappa shape index (κ2) is 5.87. The second-order valence-electron chi connectivity index (χ2n) is 7.33. The number of hydrogen-bond acceptors (Lipinski definition) is 8. The standard InChI is InChI=1S/C20H18N6O2/c21-20-24-16-7-11(1-6-17(16)28-20)14-4-5-15-19(23-14)25-18(8-22-15)26-12-2-3-13(26)10-27-9-12/h1,4-8,12-13H,2-3,9-10H2,(H2,21,24). The fourth-order valence-electron chi connectivity index (χ4n) is 4.28. The maximum atomic E-state index is 5.68. The maximum Gasteiger partial charge on any atom is 0.292 e. The molecule has 0 saturated carbocycles. The summed E-state index contributed by atoms with van der Waals surface area (Å²) in [6.45, 7) is 1.51. The summed E-state index contributed by atoms with van der Waals surface area (Å²) in [7, 11) is 0. The predicted octanol–water partition coefficient (Wildman–Crippen LogP) is 2.78. The molecule has 2 bridgehead atoms. The number of pyridine rings is 1. The van der Waals surface area contributed by atoms with Gasteiger partial charge in [-0.25, -0.2) is 15.0 Å². The third-order valence-corrected chi connectivity index (χ3v) is 5.60. The fourth-order valence-corrected chi connectivity index (χ4v) is 4.28. The van der Waals surface area contributed by atoms with Crippen LogP contribution in [0.25, 0.3) is 33.5 Å². The van der Waals surface area contributed by atoms with Crippen LogP contribution >= 0.6 is 0 Å². The number of nitrogens with zero attached hydrogens (tertiary/aromatic N) is 5. The van der Waals surface area contributed by atoms with Gasteiger partial charge in [0, 0.05) is 5.56 Å². The zero-order chi connectivity index (χ0) is 18.7. The molecule has 2 N–H and O–H groups in total. The number of fused-ring (bicyclic) bond motifs is 4. The Balaban J connectivity index is 1.42. The minimum absolute atomic E-state index is 0.161. The first-order valence-corrected chi connectivity index (χ1v) is 9.41. The normalized spacial score (nSPS) is 21.6. The average Bonchev–Trinajstić information content (AvgIpc) is 3.21. The highest BCUT2D eigenvalue weighted by atomic mass is 16.5. The molecule has 140 valence electrons. The van der Waals surface area contributed by atoms with Crippen molar-refractivity contribution >= 4 is 34.1 Å². The van der Waals surface area contributed by atoms with E-state index >= 15 is 0 Å². The van der Waals surface area contributed by atoms with E-state index in [4.69, 9.17) is 24.9 Å². The van der Waals surface area contributed by atoms with Gasteiger partial charge < -0.3 is 19.8 Å². The highest BCUT2D eigenvalue weighted by Crippen LogP contribution is 2.33. The molecular weight excluding hydrogens is 356 g/mol. The van der Waals surface area contributed by atoms with Crippen molar-refractivity contribution < 1.29 is 9.15 Å². The van der Waals surface area contributed by atoms with Crippen LogP contribution in [0.2, 0.25) is 0 Å². The van der Waals surface area contributed by atoms with Crippen LogP contribution in [0, 0.1) is 0 Å². The molecule has 28 heavy (non-hydrogen) atoms. The van der Waals surface area contributed by atoms with Crippen LogP contribution in [0.5, 0.6) is 0 Å². The van der Waals surface area contributed by atoms with Crippen molar-refractivity contribution in [1.82, 2.24) is 19.9 Å². The molecule has 4 aromatic rings. The van der Waals surface area contributed by atoms with Gasteiger partial charge in [0.1, 0.15) is 16.9 Å². The van der Waals surface area contributed by atoms with Crippen molar-refractivity contribution in [2.45, 2.75) is 24.9 Å². The molecule has 1 aromatic carbocycles. The number of nitrogens with two attached hydrogens (primary N) is 1. The van der Waals surface area contributed by atoms with Gasteiger partial charge in [0.05, 0.1) is 37.2 Å². The van der Waals surface area contributed by atoms with Gasteiger partial charge in [-0.1, -0.05) is 0 Å². The van der Waals surface area contributed by atoms with E-state index in [1.807, 2.05) is 36.5 Å². The van der Waals surface area contributed by atoms with Gasteiger partial charge in [0.25, 0.3) is 6.01 Å². The Morgan fingerprint density at radius 3 is 2.68 bits per heavy atom. The van der Waals surface area contributed by atoms with Gasteiger partial charge in [-0.2, -0.15) is 4.98 Å². The van der Waals surface area contributed by atoms with E-state index in [0.717, 1.165) is 48.6 Å². The van der Waals surface area contributed by atoms with E-state index in [0.29, 0.717) is 28.8 Å². The largest absolute Gasteiger partial charge is 0.424 e. The van der Waals surface area contributed by atoms with E-state index in [-0.39, 0.29) is 6.01 Å². The first-order chi connectivity index (χ1) is 13.7.